The molecule has 0 N–H and O–H groups in total. The van der Waals surface area contributed by atoms with Gasteiger partial charge in [-0.05, 0) is 6.92 Å². The second-order valence-electron chi connectivity index (χ2n) is 1.78. The molecule has 4 heteroatoms. The number of rotatable bonds is 5. The number of allylic oxidation sites excluding steroid dienone is 1. The van der Waals surface area contributed by atoms with Gasteiger partial charge in [0.25, 0.3) is 0 Å². The molecule has 0 fully saturated rings. The van der Waals surface area contributed by atoms with Gasteiger partial charge in [0, 0.05) is 0 Å². The standard InChI is InChI=1S/C7H11NO3/c1-7(10-2)5-11-4-3-8-6-9/h5H,3-4H2,1-2H3. The normalized spacial score (nSPS) is 10.2. The average molecular weight is 157 g/mol. The summed E-state index contributed by atoms with van der Waals surface area (Å²) in [6.45, 7) is 2.47. The quantitative estimate of drug-likeness (QED) is 0.257. The summed E-state index contributed by atoms with van der Waals surface area (Å²) in [5.41, 5.74) is 0. The van der Waals surface area contributed by atoms with Crippen molar-refractivity contribution in [1.82, 2.24) is 0 Å². The lowest BCUT2D eigenvalue weighted by Gasteiger charge is -1.99. The summed E-state index contributed by atoms with van der Waals surface area (Å²) >= 11 is 0. The van der Waals surface area contributed by atoms with Crippen molar-refractivity contribution in [3.63, 3.8) is 0 Å². The summed E-state index contributed by atoms with van der Waals surface area (Å²) in [6.07, 6.45) is 2.89. The van der Waals surface area contributed by atoms with E-state index in [1.54, 1.807) is 14.0 Å². The molecular weight excluding hydrogens is 146 g/mol. The fraction of sp³-hybridized carbons (Fsp3) is 0.571. The lowest BCUT2D eigenvalue weighted by Crippen LogP contribution is -1.92. The van der Waals surface area contributed by atoms with Gasteiger partial charge in [0.15, 0.2) is 0 Å². The topological polar surface area (TPSA) is 47.9 Å². The molecule has 0 aromatic heterocycles. The van der Waals surface area contributed by atoms with E-state index in [0.717, 1.165) is 0 Å². The second kappa shape index (κ2) is 6.83. The first-order chi connectivity index (χ1) is 5.31. The maximum atomic E-state index is 9.57. The molecule has 0 aliphatic carbocycles. The molecule has 62 valence electrons. The van der Waals surface area contributed by atoms with Crippen LogP contribution in [0.1, 0.15) is 6.92 Å². The van der Waals surface area contributed by atoms with Crippen LogP contribution < -0.4 is 0 Å². The van der Waals surface area contributed by atoms with Crippen molar-refractivity contribution < 1.29 is 14.3 Å². The van der Waals surface area contributed by atoms with Crippen LogP contribution in [0.3, 0.4) is 0 Å². The lowest BCUT2D eigenvalue weighted by molar-refractivity contribution is 0.217. The number of ether oxygens (including phenoxy) is 2. The zero-order valence-electron chi connectivity index (χ0n) is 6.66. The molecule has 0 heterocycles. The Hall–Kier alpha value is -1.28. The number of methoxy groups -OCH3 is 1. The highest BCUT2D eigenvalue weighted by Gasteiger charge is 1.84. The van der Waals surface area contributed by atoms with Crippen LogP contribution in [0.4, 0.5) is 0 Å². The van der Waals surface area contributed by atoms with Crippen molar-refractivity contribution in [2.75, 3.05) is 20.3 Å². The van der Waals surface area contributed by atoms with Gasteiger partial charge in [0.1, 0.15) is 18.6 Å². The molecule has 0 aromatic carbocycles. The van der Waals surface area contributed by atoms with E-state index in [4.69, 9.17) is 9.47 Å². The monoisotopic (exact) mass is 157 g/mol. The SMILES string of the molecule is COC(C)=COCCN=C=O. The number of hydrogen-bond donors (Lipinski definition) is 0. The number of isocyanates is 1. The minimum atomic E-state index is 0.330. The van der Waals surface area contributed by atoms with Gasteiger partial charge >= 0.3 is 0 Å². The Balaban J connectivity index is 3.33. The molecule has 0 aliphatic heterocycles. The van der Waals surface area contributed by atoms with Gasteiger partial charge < -0.3 is 9.47 Å². The minimum Gasteiger partial charge on any atom is -0.498 e. The van der Waals surface area contributed by atoms with Crippen LogP contribution >= 0.6 is 0 Å². The third-order valence-electron chi connectivity index (χ3n) is 0.957. The van der Waals surface area contributed by atoms with Crippen molar-refractivity contribution in [3.8, 4) is 0 Å². The zero-order chi connectivity index (χ0) is 8.53. The van der Waals surface area contributed by atoms with Gasteiger partial charge in [-0.25, -0.2) is 9.79 Å². The van der Waals surface area contributed by atoms with Crippen LogP contribution in [0.25, 0.3) is 0 Å². The number of hydrogen-bond acceptors (Lipinski definition) is 4. The molecule has 0 saturated heterocycles. The predicted molar refractivity (Wildman–Crippen MR) is 39.7 cm³/mol. The molecule has 0 unspecified atom stereocenters. The van der Waals surface area contributed by atoms with Crippen LogP contribution in [-0.2, 0) is 14.3 Å². The highest BCUT2D eigenvalue weighted by atomic mass is 16.5. The molecule has 0 saturated carbocycles. The Morgan fingerprint density at radius 1 is 1.73 bits per heavy atom. The molecule has 0 aromatic rings. The molecule has 0 radical (unpaired) electrons. The predicted octanol–water partition coefficient (Wildman–Crippen LogP) is 0.847. The Kier molecular flexibility index (Phi) is 6.04. The molecule has 4 nitrogen and oxygen atoms in total. The van der Waals surface area contributed by atoms with Crippen molar-refractivity contribution in [3.05, 3.63) is 12.0 Å². The molecule has 11 heavy (non-hydrogen) atoms. The van der Waals surface area contributed by atoms with E-state index in [2.05, 4.69) is 4.99 Å². The summed E-state index contributed by atoms with van der Waals surface area (Å²) in [7, 11) is 1.55. The van der Waals surface area contributed by atoms with Crippen molar-refractivity contribution in [2.45, 2.75) is 6.92 Å². The number of carbonyl (C=O) groups excluding carboxylic acids is 1. The summed E-state index contributed by atoms with van der Waals surface area (Å²) in [5, 5.41) is 0. The fourth-order valence-corrected chi connectivity index (χ4v) is 0.368. The molecular formula is C7H11NO3. The van der Waals surface area contributed by atoms with Gasteiger partial charge in [0.05, 0.1) is 13.7 Å². The zero-order valence-corrected chi connectivity index (χ0v) is 6.66. The Labute approximate surface area is 65.5 Å². The lowest BCUT2D eigenvalue weighted by atomic mass is 10.6. The Morgan fingerprint density at radius 2 is 2.45 bits per heavy atom. The second-order valence-corrected chi connectivity index (χ2v) is 1.78. The molecule has 0 bridgehead atoms. The van der Waals surface area contributed by atoms with Gasteiger partial charge in [-0.3, -0.25) is 0 Å². The fourth-order valence-electron chi connectivity index (χ4n) is 0.368. The van der Waals surface area contributed by atoms with Crippen LogP contribution in [0.15, 0.2) is 17.0 Å². The maximum absolute atomic E-state index is 9.57. The van der Waals surface area contributed by atoms with E-state index in [9.17, 15) is 4.79 Å². The maximum Gasteiger partial charge on any atom is 0.235 e. The van der Waals surface area contributed by atoms with E-state index in [0.29, 0.717) is 18.9 Å². The van der Waals surface area contributed by atoms with Crippen molar-refractivity contribution in [1.29, 1.82) is 0 Å². The average Bonchev–Trinajstić information content (AvgIpc) is 2.04. The van der Waals surface area contributed by atoms with E-state index >= 15 is 0 Å². The van der Waals surface area contributed by atoms with Crippen LogP contribution in [0.2, 0.25) is 0 Å². The van der Waals surface area contributed by atoms with Gasteiger partial charge in [0.2, 0.25) is 6.08 Å². The first kappa shape index (κ1) is 9.72. The summed E-state index contributed by atoms with van der Waals surface area (Å²) in [4.78, 5) is 12.9. The Bertz CT molecular complexity index is 171. The van der Waals surface area contributed by atoms with Crippen molar-refractivity contribution >= 4 is 6.08 Å². The van der Waals surface area contributed by atoms with Gasteiger partial charge in [-0.2, -0.15) is 0 Å². The highest BCUT2D eigenvalue weighted by molar-refractivity contribution is 5.32. The third-order valence-corrected chi connectivity index (χ3v) is 0.957. The largest absolute Gasteiger partial charge is 0.498 e. The molecule has 0 rings (SSSR count). The van der Waals surface area contributed by atoms with Crippen LogP contribution in [-0.4, -0.2) is 26.3 Å². The van der Waals surface area contributed by atoms with Gasteiger partial charge in [-0.1, -0.05) is 0 Å². The number of aliphatic imine (C=N–C) groups is 1. The summed E-state index contributed by atoms with van der Waals surface area (Å²) in [6, 6.07) is 0. The third kappa shape index (κ3) is 6.61. The molecule has 0 spiro atoms. The Morgan fingerprint density at radius 3 is 3.00 bits per heavy atom. The van der Waals surface area contributed by atoms with E-state index in [1.807, 2.05) is 0 Å². The molecule has 0 aliphatic rings. The van der Waals surface area contributed by atoms with E-state index < -0.39 is 0 Å². The summed E-state index contributed by atoms with van der Waals surface area (Å²) in [5.74, 6) is 0.681. The van der Waals surface area contributed by atoms with E-state index in [-0.39, 0.29) is 0 Å². The van der Waals surface area contributed by atoms with Crippen molar-refractivity contribution in [2.24, 2.45) is 4.99 Å². The first-order valence-electron chi connectivity index (χ1n) is 3.17. The minimum absolute atomic E-state index is 0.330. The van der Waals surface area contributed by atoms with Crippen LogP contribution in [0.5, 0.6) is 0 Å². The van der Waals surface area contributed by atoms with Crippen LogP contribution in [0, 0.1) is 0 Å². The highest BCUT2D eigenvalue weighted by Crippen LogP contribution is 1.91. The molecule has 0 atom stereocenters. The van der Waals surface area contributed by atoms with E-state index in [1.165, 1.54) is 12.3 Å². The smallest absolute Gasteiger partial charge is 0.235 e. The number of nitrogens with zero attached hydrogens (tertiary/aromatic N) is 1. The first-order valence-corrected chi connectivity index (χ1v) is 3.17. The molecule has 0 amide bonds. The van der Waals surface area contributed by atoms with Gasteiger partial charge in [-0.15, -0.1) is 0 Å². The summed E-state index contributed by atoms with van der Waals surface area (Å²) < 4.78 is 9.71.